The third-order valence-corrected chi connectivity index (χ3v) is 5.23. The molecule has 2 atom stereocenters. The molecule has 2 aromatic rings. The second kappa shape index (κ2) is 10.3. The number of aliphatic carboxylic acids is 1. The largest absolute Gasteiger partial charge is 0.481 e. The van der Waals surface area contributed by atoms with Gasteiger partial charge in [-0.2, -0.15) is 0 Å². The van der Waals surface area contributed by atoms with Gasteiger partial charge in [0.15, 0.2) is 0 Å². The van der Waals surface area contributed by atoms with Crippen LogP contribution < -0.4 is 10.6 Å². The number of carboxylic acid groups (broad SMARTS) is 1. The van der Waals surface area contributed by atoms with E-state index in [0.29, 0.717) is 0 Å². The number of carboxylic acids is 1. The molecule has 1 aromatic heterocycles. The van der Waals surface area contributed by atoms with Gasteiger partial charge in [0.05, 0.1) is 6.42 Å². The van der Waals surface area contributed by atoms with Crippen molar-refractivity contribution in [3.8, 4) is 11.1 Å². The van der Waals surface area contributed by atoms with Gasteiger partial charge in [-0.05, 0) is 34.6 Å². The van der Waals surface area contributed by atoms with Crippen LogP contribution in [0.5, 0.6) is 0 Å². The van der Waals surface area contributed by atoms with E-state index in [1.54, 1.807) is 17.0 Å². The van der Waals surface area contributed by atoms with Crippen LogP contribution in [0.25, 0.3) is 11.1 Å². The highest BCUT2D eigenvalue weighted by Crippen LogP contribution is 2.25. The van der Waals surface area contributed by atoms with Crippen LogP contribution in [0.4, 0.5) is 0 Å². The Morgan fingerprint density at radius 2 is 1.68 bits per heavy atom. The van der Waals surface area contributed by atoms with Crippen LogP contribution >= 0.6 is 0 Å². The summed E-state index contributed by atoms with van der Waals surface area (Å²) in [5.41, 5.74) is 2.61. The number of carbonyl (C=O) groups is 3. The van der Waals surface area contributed by atoms with Crippen LogP contribution in [0.15, 0.2) is 42.7 Å². The number of likely N-dealkylation sites (N-methyl/N-ethyl adjacent to an activating group) is 1. The molecule has 1 heterocycles. The van der Waals surface area contributed by atoms with Crippen LogP contribution in [-0.2, 0) is 20.8 Å². The zero-order valence-electron chi connectivity index (χ0n) is 18.9. The van der Waals surface area contributed by atoms with Gasteiger partial charge in [-0.25, -0.2) is 0 Å². The number of nitrogens with one attached hydrogen (secondary N) is 2. The first-order valence-electron chi connectivity index (χ1n) is 10.6. The molecule has 3 N–H and O–H groups in total. The molecule has 0 unspecified atom stereocenters. The van der Waals surface area contributed by atoms with Crippen LogP contribution in [0.1, 0.15) is 52.1 Å². The Morgan fingerprint density at radius 1 is 1.03 bits per heavy atom. The van der Waals surface area contributed by atoms with Crippen LogP contribution in [0.3, 0.4) is 0 Å². The minimum absolute atomic E-state index is 0.324. The maximum Gasteiger partial charge on any atom is 0.306 e. The lowest BCUT2D eigenvalue weighted by molar-refractivity contribution is -0.141. The molecule has 0 radical (unpaired) electrons. The van der Waals surface area contributed by atoms with E-state index in [1.165, 1.54) is 12.6 Å². The van der Waals surface area contributed by atoms with Crippen LogP contribution in [0, 0.1) is 5.41 Å². The summed E-state index contributed by atoms with van der Waals surface area (Å²) >= 11 is 0. The van der Waals surface area contributed by atoms with Crippen molar-refractivity contribution < 1.29 is 19.5 Å². The van der Waals surface area contributed by atoms with Crippen molar-refractivity contribution in [2.45, 2.75) is 59.0 Å². The second-order valence-corrected chi connectivity index (χ2v) is 8.83. The van der Waals surface area contributed by atoms with Gasteiger partial charge in [0, 0.05) is 19.4 Å². The molecular formula is C24H33N3O4. The number of aryl methyl sites for hydroxylation is 1. The number of benzene rings is 1. The first-order valence-corrected chi connectivity index (χ1v) is 10.6. The van der Waals surface area contributed by atoms with Gasteiger partial charge in [-0.3, -0.25) is 14.4 Å². The zero-order valence-corrected chi connectivity index (χ0v) is 18.9. The first kappa shape index (κ1) is 24.2. The molecule has 0 saturated heterocycles. The van der Waals surface area contributed by atoms with Crippen LogP contribution in [0.2, 0.25) is 0 Å². The predicted octanol–water partition coefficient (Wildman–Crippen LogP) is 3.40. The molecule has 0 bridgehead atoms. The van der Waals surface area contributed by atoms with Gasteiger partial charge in [0.1, 0.15) is 12.1 Å². The number of carbonyl (C=O) groups excluding carboxylic acids is 2. The lowest BCUT2D eigenvalue weighted by Crippen LogP contribution is -2.54. The molecule has 2 rings (SSSR count). The third-order valence-electron chi connectivity index (χ3n) is 5.23. The topological polar surface area (TPSA) is 100 Å². The maximum atomic E-state index is 13.0. The average Bonchev–Trinajstić information content (AvgIpc) is 3.19. The summed E-state index contributed by atoms with van der Waals surface area (Å²) in [7, 11) is 1.51. The van der Waals surface area contributed by atoms with Crippen LogP contribution in [-0.4, -0.2) is 40.5 Å². The fourth-order valence-electron chi connectivity index (χ4n) is 3.49. The van der Waals surface area contributed by atoms with E-state index in [0.717, 1.165) is 24.0 Å². The van der Waals surface area contributed by atoms with E-state index < -0.39 is 29.4 Å². The standard InChI is InChI=1S/C24H33N3O4/c1-6-7-16-8-10-17(11-9-16)18-12-13-27(15-18)19(14-20(28)29)22(30)26-21(23(31)25-5)24(2,3)4/h8-13,15,19,21H,6-7,14H2,1-5H3,(H,25,31)(H,26,30)(H,28,29)/t19-,21-/m1/s1. The lowest BCUT2D eigenvalue weighted by atomic mass is 9.86. The van der Waals surface area contributed by atoms with Gasteiger partial charge in [-0.15, -0.1) is 0 Å². The van der Waals surface area contributed by atoms with E-state index in [1.807, 2.05) is 39.0 Å². The molecule has 0 saturated carbocycles. The summed E-state index contributed by atoms with van der Waals surface area (Å²) < 4.78 is 1.60. The fraction of sp³-hybridized carbons (Fsp3) is 0.458. The van der Waals surface area contributed by atoms with Gasteiger partial charge in [0.2, 0.25) is 11.8 Å². The Hall–Kier alpha value is -3.09. The van der Waals surface area contributed by atoms with Crippen molar-refractivity contribution in [1.82, 2.24) is 15.2 Å². The SMILES string of the molecule is CCCc1ccc(-c2ccn([C@H](CC(=O)O)C(=O)N[C@H](C(=O)NC)C(C)(C)C)c2)cc1. The molecule has 2 amide bonds. The summed E-state index contributed by atoms with van der Waals surface area (Å²) in [4.78, 5) is 36.8. The Balaban J connectivity index is 2.29. The Kier molecular flexibility index (Phi) is 8.02. The molecule has 7 nitrogen and oxygen atoms in total. The molecule has 1 aromatic carbocycles. The monoisotopic (exact) mass is 427 g/mol. The third kappa shape index (κ3) is 6.44. The number of nitrogens with zero attached hydrogens (tertiary/aromatic N) is 1. The summed E-state index contributed by atoms with van der Waals surface area (Å²) in [6, 6.07) is 8.31. The van der Waals surface area contributed by atoms with Gasteiger partial charge >= 0.3 is 5.97 Å². The lowest BCUT2D eigenvalue weighted by Gasteiger charge is -2.31. The normalized spacial score (nSPS) is 13.3. The summed E-state index contributed by atoms with van der Waals surface area (Å²) in [6.07, 6.45) is 5.18. The van der Waals surface area contributed by atoms with Crippen molar-refractivity contribution in [2.24, 2.45) is 5.41 Å². The van der Waals surface area contributed by atoms with Gasteiger partial charge in [0.25, 0.3) is 0 Å². The molecule has 0 aliphatic heterocycles. The molecular weight excluding hydrogens is 394 g/mol. The fourth-order valence-corrected chi connectivity index (χ4v) is 3.49. The van der Waals surface area contributed by atoms with E-state index in [2.05, 4.69) is 29.7 Å². The molecule has 0 fully saturated rings. The molecule has 31 heavy (non-hydrogen) atoms. The summed E-state index contributed by atoms with van der Waals surface area (Å²) in [5.74, 6) is -1.92. The number of hydrogen-bond donors (Lipinski definition) is 3. The highest BCUT2D eigenvalue weighted by Gasteiger charge is 2.35. The molecule has 0 aliphatic carbocycles. The molecule has 0 spiro atoms. The zero-order chi connectivity index (χ0) is 23.2. The smallest absolute Gasteiger partial charge is 0.306 e. The number of aromatic nitrogens is 1. The minimum Gasteiger partial charge on any atom is -0.481 e. The van der Waals surface area contributed by atoms with Crippen molar-refractivity contribution in [2.75, 3.05) is 7.05 Å². The van der Waals surface area contributed by atoms with Crippen molar-refractivity contribution in [1.29, 1.82) is 0 Å². The second-order valence-electron chi connectivity index (χ2n) is 8.83. The van der Waals surface area contributed by atoms with E-state index >= 15 is 0 Å². The highest BCUT2D eigenvalue weighted by atomic mass is 16.4. The molecule has 168 valence electrons. The number of hydrogen-bond acceptors (Lipinski definition) is 3. The van der Waals surface area contributed by atoms with Gasteiger partial charge < -0.3 is 20.3 Å². The Morgan fingerprint density at radius 3 is 2.19 bits per heavy atom. The Bertz CT molecular complexity index is 910. The quantitative estimate of drug-likeness (QED) is 0.571. The van der Waals surface area contributed by atoms with E-state index in [4.69, 9.17) is 0 Å². The van der Waals surface area contributed by atoms with Crippen molar-refractivity contribution in [3.05, 3.63) is 48.3 Å². The predicted molar refractivity (Wildman–Crippen MR) is 121 cm³/mol. The molecule has 0 aliphatic rings. The summed E-state index contributed by atoms with van der Waals surface area (Å²) in [5, 5.41) is 14.7. The van der Waals surface area contributed by atoms with E-state index in [-0.39, 0.29) is 12.3 Å². The number of rotatable bonds is 9. The van der Waals surface area contributed by atoms with Crippen molar-refractivity contribution in [3.63, 3.8) is 0 Å². The average molecular weight is 428 g/mol. The van der Waals surface area contributed by atoms with Gasteiger partial charge in [-0.1, -0.05) is 58.4 Å². The van der Waals surface area contributed by atoms with Crippen molar-refractivity contribution >= 4 is 17.8 Å². The minimum atomic E-state index is -1.09. The summed E-state index contributed by atoms with van der Waals surface area (Å²) in [6.45, 7) is 7.66. The van der Waals surface area contributed by atoms with E-state index in [9.17, 15) is 19.5 Å². The maximum absolute atomic E-state index is 13.0. The first-order chi connectivity index (χ1) is 14.6. The number of amides is 2. The highest BCUT2D eigenvalue weighted by molar-refractivity contribution is 5.91. The Labute approximate surface area is 183 Å². The molecule has 7 heteroatoms.